The molecular weight excluding hydrogens is 400 g/mol. The Morgan fingerprint density at radius 3 is 2.50 bits per heavy atom. The molecule has 1 aliphatic heterocycles. The van der Waals surface area contributed by atoms with Crippen molar-refractivity contribution in [2.24, 2.45) is 5.92 Å². The molecule has 2 fully saturated rings. The molecule has 0 atom stereocenters. The number of nitrogens with one attached hydrogen (secondary N) is 1. The van der Waals surface area contributed by atoms with E-state index in [0.29, 0.717) is 22.6 Å². The molecule has 5 rings (SSSR count). The number of hydrogen-bond acceptors (Lipinski definition) is 5. The molecule has 1 saturated carbocycles. The largest absolute Gasteiger partial charge is 0.461 e. The van der Waals surface area contributed by atoms with E-state index < -0.39 is 0 Å². The van der Waals surface area contributed by atoms with Gasteiger partial charge in [0.15, 0.2) is 5.65 Å². The second kappa shape index (κ2) is 8.44. The third-order valence-corrected chi connectivity index (χ3v) is 6.64. The number of nitrogens with zero attached hydrogens (tertiary/aromatic N) is 3. The van der Waals surface area contributed by atoms with Crippen molar-refractivity contribution in [2.75, 3.05) is 24.6 Å². The smallest absolute Gasteiger partial charge is 0.296 e. The molecule has 3 heterocycles. The van der Waals surface area contributed by atoms with E-state index in [-0.39, 0.29) is 12.7 Å². The van der Waals surface area contributed by atoms with Gasteiger partial charge in [-0.3, -0.25) is 0 Å². The van der Waals surface area contributed by atoms with E-state index in [1.165, 1.54) is 18.5 Å². The van der Waals surface area contributed by atoms with Crippen molar-refractivity contribution in [3.8, 4) is 17.3 Å². The summed E-state index contributed by atoms with van der Waals surface area (Å²) < 4.78 is 6.05. The van der Waals surface area contributed by atoms with E-state index in [9.17, 15) is 5.11 Å². The molecule has 0 bridgehead atoms. The first-order chi connectivity index (χ1) is 14.7. The number of aliphatic hydroxyl groups excluding tert-OH is 1. The monoisotopic (exact) mass is 426 g/mol. The minimum Gasteiger partial charge on any atom is -0.461 e. The quantitative estimate of drug-likeness (QED) is 0.612. The Labute approximate surface area is 181 Å². The van der Waals surface area contributed by atoms with E-state index in [0.717, 1.165) is 55.5 Å². The van der Waals surface area contributed by atoms with E-state index in [1.54, 1.807) is 0 Å². The van der Waals surface area contributed by atoms with Gasteiger partial charge in [0.2, 0.25) is 0 Å². The molecule has 1 aliphatic carbocycles. The van der Waals surface area contributed by atoms with Gasteiger partial charge in [-0.1, -0.05) is 23.7 Å². The van der Waals surface area contributed by atoms with Gasteiger partial charge in [-0.05, 0) is 62.6 Å². The van der Waals surface area contributed by atoms with Crippen molar-refractivity contribution in [1.29, 1.82) is 0 Å². The van der Waals surface area contributed by atoms with Crippen LogP contribution in [0.1, 0.15) is 38.5 Å². The fourth-order valence-electron chi connectivity index (χ4n) is 4.55. The summed E-state index contributed by atoms with van der Waals surface area (Å²) in [5, 5.41) is 9.89. The summed E-state index contributed by atoms with van der Waals surface area (Å²) in [5.74, 6) is 0.403. The molecule has 158 valence electrons. The van der Waals surface area contributed by atoms with Gasteiger partial charge in [0, 0.05) is 30.9 Å². The normalized spacial score (nSPS) is 22.0. The maximum absolute atomic E-state index is 9.30. The third kappa shape index (κ3) is 3.98. The molecule has 3 aromatic rings. The Balaban J connectivity index is 1.34. The van der Waals surface area contributed by atoms with Gasteiger partial charge in [-0.25, -0.2) is 4.98 Å². The van der Waals surface area contributed by atoms with Crippen molar-refractivity contribution in [2.45, 2.75) is 44.6 Å². The number of aliphatic hydroxyl groups is 1. The number of aromatic nitrogens is 3. The number of aromatic amines is 1. The highest BCUT2D eigenvalue weighted by Crippen LogP contribution is 2.32. The molecular formula is C23H27ClN4O2. The van der Waals surface area contributed by atoms with E-state index in [2.05, 4.69) is 39.1 Å². The zero-order valence-corrected chi connectivity index (χ0v) is 17.7. The lowest BCUT2D eigenvalue weighted by molar-refractivity contribution is 0.0976. The molecule has 0 amide bonds. The summed E-state index contributed by atoms with van der Waals surface area (Å²) in [5.41, 5.74) is 4.35. The number of anilines is 1. The Morgan fingerprint density at radius 1 is 1.07 bits per heavy atom. The zero-order valence-electron chi connectivity index (χ0n) is 17.0. The van der Waals surface area contributed by atoms with Gasteiger partial charge in [0.25, 0.3) is 6.01 Å². The first-order valence-corrected chi connectivity index (χ1v) is 11.3. The summed E-state index contributed by atoms with van der Waals surface area (Å²) in [6, 6.07) is 10.8. The van der Waals surface area contributed by atoms with Crippen LogP contribution in [0.25, 0.3) is 22.4 Å². The summed E-state index contributed by atoms with van der Waals surface area (Å²) in [7, 11) is 0. The number of pyridine rings is 1. The van der Waals surface area contributed by atoms with Crippen LogP contribution in [0.2, 0.25) is 5.02 Å². The van der Waals surface area contributed by atoms with Crippen LogP contribution >= 0.6 is 11.6 Å². The highest BCUT2D eigenvalue weighted by Gasteiger charge is 2.23. The fraction of sp³-hybridized carbons (Fsp3) is 0.478. The van der Waals surface area contributed by atoms with Gasteiger partial charge in [-0.2, -0.15) is 4.98 Å². The van der Waals surface area contributed by atoms with Crippen LogP contribution < -0.4 is 9.64 Å². The van der Waals surface area contributed by atoms with Crippen molar-refractivity contribution in [3.63, 3.8) is 0 Å². The molecule has 7 heteroatoms. The SMILES string of the molecule is OCC1CCC(Oc2nc3nc(-c4ccc(N5CCCC5)cc4)c(Cl)cc3[nH]2)CC1. The first kappa shape index (κ1) is 19.6. The highest BCUT2D eigenvalue weighted by atomic mass is 35.5. The number of halogens is 1. The maximum atomic E-state index is 9.30. The minimum absolute atomic E-state index is 0.126. The van der Waals surface area contributed by atoms with Crippen LogP contribution in [0.15, 0.2) is 30.3 Å². The molecule has 2 N–H and O–H groups in total. The Kier molecular flexibility index (Phi) is 5.52. The highest BCUT2D eigenvalue weighted by molar-refractivity contribution is 6.33. The zero-order chi connectivity index (χ0) is 20.5. The fourth-order valence-corrected chi connectivity index (χ4v) is 4.81. The Hall–Kier alpha value is -2.31. The molecule has 1 aromatic carbocycles. The van der Waals surface area contributed by atoms with Crippen LogP contribution in [0, 0.1) is 5.92 Å². The molecule has 0 spiro atoms. The number of H-pyrrole nitrogens is 1. The number of rotatable bonds is 5. The third-order valence-electron chi connectivity index (χ3n) is 6.35. The van der Waals surface area contributed by atoms with Crippen molar-refractivity contribution >= 4 is 28.5 Å². The number of imidazole rings is 1. The van der Waals surface area contributed by atoms with E-state index in [4.69, 9.17) is 21.3 Å². The van der Waals surface area contributed by atoms with Gasteiger partial charge in [-0.15, -0.1) is 0 Å². The van der Waals surface area contributed by atoms with Crippen molar-refractivity contribution in [3.05, 3.63) is 35.4 Å². The molecule has 2 aromatic heterocycles. The van der Waals surface area contributed by atoms with Crippen LogP contribution in [-0.4, -0.2) is 45.9 Å². The van der Waals surface area contributed by atoms with E-state index in [1.807, 2.05) is 6.07 Å². The Bertz CT molecular complexity index is 1010. The number of hydrogen-bond donors (Lipinski definition) is 2. The standard InChI is InChI=1S/C23H27ClN4O2/c24-19-13-20-22(27-23(25-20)30-18-9-3-15(14-29)4-10-18)26-21(19)16-5-7-17(8-6-16)28-11-1-2-12-28/h5-8,13,15,18,29H,1-4,9-12,14H2,(H,25,26,27). The second-order valence-corrected chi connectivity index (χ2v) is 8.82. The van der Waals surface area contributed by atoms with Crippen LogP contribution in [-0.2, 0) is 0 Å². The van der Waals surface area contributed by atoms with Gasteiger partial charge < -0.3 is 19.7 Å². The maximum Gasteiger partial charge on any atom is 0.296 e. The van der Waals surface area contributed by atoms with Crippen LogP contribution in [0.4, 0.5) is 5.69 Å². The topological polar surface area (TPSA) is 74.3 Å². The lowest BCUT2D eigenvalue weighted by atomic mass is 9.88. The predicted molar refractivity (Wildman–Crippen MR) is 119 cm³/mol. The second-order valence-electron chi connectivity index (χ2n) is 8.42. The summed E-state index contributed by atoms with van der Waals surface area (Å²) >= 11 is 6.55. The number of benzene rings is 1. The summed E-state index contributed by atoms with van der Waals surface area (Å²) in [6.07, 6.45) is 6.50. The van der Waals surface area contributed by atoms with Crippen LogP contribution in [0.5, 0.6) is 6.01 Å². The molecule has 0 unspecified atom stereocenters. The Morgan fingerprint density at radius 2 is 1.80 bits per heavy atom. The van der Waals surface area contributed by atoms with Gasteiger partial charge in [0.1, 0.15) is 6.10 Å². The summed E-state index contributed by atoms with van der Waals surface area (Å²) in [6.45, 7) is 2.52. The van der Waals surface area contributed by atoms with E-state index >= 15 is 0 Å². The van der Waals surface area contributed by atoms with Gasteiger partial charge in [0.05, 0.1) is 16.2 Å². The van der Waals surface area contributed by atoms with Crippen LogP contribution in [0.3, 0.4) is 0 Å². The van der Waals surface area contributed by atoms with Crippen molar-refractivity contribution in [1.82, 2.24) is 15.0 Å². The lowest BCUT2D eigenvalue weighted by Crippen LogP contribution is -2.25. The predicted octanol–water partition coefficient (Wildman–Crippen LogP) is 4.81. The average molecular weight is 427 g/mol. The van der Waals surface area contributed by atoms with Crippen molar-refractivity contribution < 1.29 is 9.84 Å². The van der Waals surface area contributed by atoms with Gasteiger partial charge >= 0.3 is 0 Å². The molecule has 0 radical (unpaired) electrons. The summed E-state index contributed by atoms with van der Waals surface area (Å²) in [4.78, 5) is 14.9. The molecule has 6 nitrogen and oxygen atoms in total. The molecule has 2 aliphatic rings. The lowest BCUT2D eigenvalue weighted by Gasteiger charge is -2.26. The minimum atomic E-state index is 0.126. The molecule has 1 saturated heterocycles. The number of ether oxygens (including phenoxy) is 1. The molecule has 30 heavy (non-hydrogen) atoms. The average Bonchev–Trinajstić information content (AvgIpc) is 3.43. The first-order valence-electron chi connectivity index (χ1n) is 10.9. The number of fused-ring (bicyclic) bond motifs is 1.